The van der Waals surface area contributed by atoms with Crippen molar-refractivity contribution in [1.29, 1.82) is 0 Å². The van der Waals surface area contributed by atoms with Crippen LogP contribution in [0, 0.1) is 5.82 Å². The summed E-state index contributed by atoms with van der Waals surface area (Å²) in [7, 11) is 1.69. The summed E-state index contributed by atoms with van der Waals surface area (Å²) in [5, 5.41) is 2.29. The molecule has 2 heterocycles. The molecule has 0 bridgehead atoms. The fourth-order valence-electron chi connectivity index (χ4n) is 3.48. The van der Waals surface area contributed by atoms with Crippen molar-refractivity contribution >= 4 is 16.6 Å². The number of halogens is 1. The molecular formula is C21H22FN3O. The number of rotatable bonds is 4. The van der Waals surface area contributed by atoms with Gasteiger partial charge in [0, 0.05) is 44.3 Å². The second-order valence-electron chi connectivity index (χ2n) is 6.61. The number of hydrogen-bond acceptors (Lipinski definition) is 4. The van der Waals surface area contributed by atoms with E-state index in [1.807, 2.05) is 30.5 Å². The molecule has 0 spiro atoms. The summed E-state index contributed by atoms with van der Waals surface area (Å²) in [6, 6.07) is 14.9. The molecule has 0 atom stereocenters. The lowest BCUT2D eigenvalue weighted by atomic mass is 10.1. The minimum Gasteiger partial charge on any atom is -0.497 e. The molecule has 26 heavy (non-hydrogen) atoms. The number of benzene rings is 2. The number of anilines is 1. The molecule has 4 nitrogen and oxygen atoms in total. The molecule has 4 rings (SSSR count). The smallest absolute Gasteiger partial charge is 0.136 e. The highest BCUT2D eigenvalue weighted by atomic mass is 19.1. The zero-order valence-electron chi connectivity index (χ0n) is 14.9. The Morgan fingerprint density at radius 2 is 1.77 bits per heavy atom. The second kappa shape index (κ2) is 7.30. The maximum Gasteiger partial charge on any atom is 0.136 e. The molecule has 0 N–H and O–H groups in total. The summed E-state index contributed by atoms with van der Waals surface area (Å²) >= 11 is 0. The minimum atomic E-state index is -0.184. The Bertz CT molecular complexity index is 889. The largest absolute Gasteiger partial charge is 0.497 e. The first-order valence-electron chi connectivity index (χ1n) is 8.87. The molecule has 1 fully saturated rings. The lowest BCUT2D eigenvalue weighted by Crippen LogP contribution is -2.46. The first-order chi connectivity index (χ1) is 12.7. The topological polar surface area (TPSA) is 28.6 Å². The van der Waals surface area contributed by atoms with Crippen molar-refractivity contribution in [2.45, 2.75) is 6.54 Å². The third kappa shape index (κ3) is 3.48. The fourth-order valence-corrected chi connectivity index (χ4v) is 3.48. The normalized spacial score (nSPS) is 15.4. The maximum absolute atomic E-state index is 13.0. The van der Waals surface area contributed by atoms with Crippen molar-refractivity contribution in [2.24, 2.45) is 0 Å². The maximum atomic E-state index is 13.0. The van der Waals surface area contributed by atoms with Crippen LogP contribution in [0.3, 0.4) is 0 Å². The average Bonchev–Trinajstić information content (AvgIpc) is 2.69. The highest BCUT2D eigenvalue weighted by Gasteiger charge is 2.20. The molecule has 1 aromatic heterocycles. The minimum absolute atomic E-state index is 0.184. The average molecular weight is 351 g/mol. The summed E-state index contributed by atoms with van der Waals surface area (Å²) in [4.78, 5) is 9.37. The van der Waals surface area contributed by atoms with Crippen LogP contribution >= 0.6 is 0 Å². The molecule has 1 aliphatic heterocycles. The van der Waals surface area contributed by atoms with Gasteiger partial charge in [-0.2, -0.15) is 0 Å². The van der Waals surface area contributed by atoms with Crippen molar-refractivity contribution in [3.8, 4) is 5.75 Å². The van der Waals surface area contributed by atoms with Crippen LogP contribution in [0.25, 0.3) is 10.8 Å². The predicted octanol–water partition coefficient (Wildman–Crippen LogP) is 3.70. The zero-order chi connectivity index (χ0) is 17.9. The van der Waals surface area contributed by atoms with Crippen molar-refractivity contribution < 1.29 is 9.13 Å². The molecular weight excluding hydrogens is 329 g/mol. The van der Waals surface area contributed by atoms with Crippen LogP contribution in [-0.2, 0) is 6.54 Å². The lowest BCUT2D eigenvalue weighted by Gasteiger charge is -2.36. The Morgan fingerprint density at radius 3 is 2.50 bits per heavy atom. The zero-order valence-corrected chi connectivity index (χ0v) is 14.9. The monoisotopic (exact) mass is 351 g/mol. The van der Waals surface area contributed by atoms with Gasteiger partial charge in [0.1, 0.15) is 17.4 Å². The van der Waals surface area contributed by atoms with Crippen LogP contribution in [-0.4, -0.2) is 43.2 Å². The molecule has 0 unspecified atom stereocenters. The van der Waals surface area contributed by atoms with Crippen LogP contribution in [0.5, 0.6) is 5.75 Å². The molecule has 5 heteroatoms. The number of nitrogens with zero attached hydrogens (tertiary/aromatic N) is 3. The third-order valence-corrected chi connectivity index (χ3v) is 4.94. The van der Waals surface area contributed by atoms with Crippen LogP contribution < -0.4 is 9.64 Å². The quantitative estimate of drug-likeness (QED) is 0.717. The molecule has 0 amide bonds. The van der Waals surface area contributed by atoms with Crippen molar-refractivity contribution in [3.05, 3.63) is 66.1 Å². The van der Waals surface area contributed by atoms with Crippen LogP contribution in [0.2, 0.25) is 0 Å². The van der Waals surface area contributed by atoms with E-state index >= 15 is 0 Å². The molecule has 3 aromatic rings. The summed E-state index contributed by atoms with van der Waals surface area (Å²) in [5.74, 6) is 1.68. The van der Waals surface area contributed by atoms with E-state index in [1.165, 1.54) is 17.5 Å². The van der Waals surface area contributed by atoms with Gasteiger partial charge in [-0.3, -0.25) is 4.90 Å². The number of aromatic nitrogens is 1. The van der Waals surface area contributed by atoms with Gasteiger partial charge < -0.3 is 9.64 Å². The summed E-state index contributed by atoms with van der Waals surface area (Å²) in [5.41, 5.74) is 1.15. The fraction of sp³-hybridized carbons (Fsp3) is 0.286. The number of methoxy groups -OCH3 is 1. The Balaban J connectivity index is 1.47. The Labute approximate surface area is 152 Å². The number of pyridine rings is 1. The summed E-state index contributed by atoms with van der Waals surface area (Å²) in [6.07, 6.45) is 1.87. The summed E-state index contributed by atoms with van der Waals surface area (Å²) in [6.45, 7) is 4.61. The molecule has 1 aliphatic rings. The van der Waals surface area contributed by atoms with E-state index in [2.05, 4.69) is 26.9 Å². The number of fused-ring (bicyclic) bond motifs is 1. The summed E-state index contributed by atoms with van der Waals surface area (Å²) < 4.78 is 18.4. The van der Waals surface area contributed by atoms with Crippen LogP contribution in [0.15, 0.2) is 54.7 Å². The first-order valence-corrected chi connectivity index (χ1v) is 8.87. The Hall–Kier alpha value is -2.66. The SMILES string of the molecule is COc1ccc2ccnc(N3CCN(Cc4ccc(F)cc4)CC3)c2c1. The number of ether oxygens (including phenoxy) is 1. The van der Waals surface area contributed by atoms with Crippen molar-refractivity contribution in [3.63, 3.8) is 0 Å². The van der Waals surface area contributed by atoms with Gasteiger partial charge in [0.15, 0.2) is 0 Å². The van der Waals surface area contributed by atoms with Gasteiger partial charge in [-0.1, -0.05) is 18.2 Å². The van der Waals surface area contributed by atoms with Crippen molar-refractivity contribution in [1.82, 2.24) is 9.88 Å². The highest BCUT2D eigenvalue weighted by Crippen LogP contribution is 2.28. The lowest BCUT2D eigenvalue weighted by molar-refractivity contribution is 0.249. The van der Waals surface area contributed by atoms with Gasteiger partial charge in [-0.25, -0.2) is 9.37 Å². The van der Waals surface area contributed by atoms with Crippen LogP contribution in [0.4, 0.5) is 10.2 Å². The predicted molar refractivity (Wildman–Crippen MR) is 102 cm³/mol. The van der Waals surface area contributed by atoms with E-state index in [9.17, 15) is 4.39 Å². The first kappa shape index (κ1) is 16.8. The van der Waals surface area contributed by atoms with Crippen LogP contribution in [0.1, 0.15) is 5.56 Å². The number of piperazine rings is 1. The van der Waals surface area contributed by atoms with E-state index in [-0.39, 0.29) is 5.82 Å². The van der Waals surface area contributed by atoms with Gasteiger partial charge in [0.2, 0.25) is 0 Å². The second-order valence-corrected chi connectivity index (χ2v) is 6.61. The van der Waals surface area contributed by atoms with E-state index in [0.717, 1.165) is 55.2 Å². The molecule has 134 valence electrons. The highest BCUT2D eigenvalue weighted by molar-refractivity contribution is 5.93. The number of hydrogen-bond donors (Lipinski definition) is 0. The Kier molecular flexibility index (Phi) is 4.71. The van der Waals surface area contributed by atoms with E-state index in [0.29, 0.717) is 0 Å². The molecule has 0 aliphatic carbocycles. The molecule has 1 saturated heterocycles. The molecule has 0 saturated carbocycles. The van der Waals surface area contributed by atoms with E-state index < -0.39 is 0 Å². The van der Waals surface area contributed by atoms with Gasteiger partial charge in [0.05, 0.1) is 7.11 Å². The van der Waals surface area contributed by atoms with Gasteiger partial charge in [0.25, 0.3) is 0 Å². The third-order valence-electron chi connectivity index (χ3n) is 4.94. The van der Waals surface area contributed by atoms with Gasteiger partial charge >= 0.3 is 0 Å². The molecule has 0 radical (unpaired) electrons. The Morgan fingerprint density at radius 1 is 1.00 bits per heavy atom. The standard InChI is InChI=1S/C21H22FN3O/c1-26-19-7-4-17-8-9-23-21(20(17)14-19)25-12-10-24(11-13-25)15-16-2-5-18(22)6-3-16/h2-9,14H,10-13,15H2,1H3. The van der Waals surface area contributed by atoms with E-state index in [1.54, 1.807) is 7.11 Å². The molecule has 2 aromatic carbocycles. The van der Waals surface area contributed by atoms with E-state index in [4.69, 9.17) is 4.74 Å². The van der Waals surface area contributed by atoms with Crippen molar-refractivity contribution in [2.75, 3.05) is 38.2 Å². The van der Waals surface area contributed by atoms with Gasteiger partial charge in [-0.15, -0.1) is 0 Å². The van der Waals surface area contributed by atoms with Gasteiger partial charge in [-0.05, 0) is 41.3 Å².